The summed E-state index contributed by atoms with van der Waals surface area (Å²) in [5.41, 5.74) is 3.61. The van der Waals surface area contributed by atoms with Crippen molar-refractivity contribution >= 4 is 28.7 Å². The van der Waals surface area contributed by atoms with Crippen LogP contribution < -0.4 is 5.32 Å². The summed E-state index contributed by atoms with van der Waals surface area (Å²) in [7, 11) is 0. The number of furan rings is 1. The van der Waals surface area contributed by atoms with Crippen LogP contribution in [0.2, 0.25) is 0 Å². The smallest absolute Gasteiger partial charge is 0.273 e. The zero-order valence-corrected chi connectivity index (χ0v) is 25.1. The van der Waals surface area contributed by atoms with Gasteiger partial charge in [0.05, 0.1) is 6.04 Å². The largest absolute Gasteiger partial charge is 0.455 e. The SMILES string of the molecule is Cc1nc2c3oc(C4CCSCC4)c(c3n1)CCCOCCCCN1CC(C1)CC(F)(F)c1cccc(c1)C(C)N2. The van der Waals surface area contributed by atoms with Crippen LogP contribution in [0.5, 0.6) is 0 Å². The summed E-state index contributed by atoms with van der Waals surface area (Å²) in [5.74, 6) is 2.15. The topological polar surface area (TPSA) is 63.4 Å². The number of rotatable bonds is 1. The van der Waals surface area contributed by atoms with Crippen molar-refractivity contribution in [3.63, 3.8) is 0 Å². The molecule has 6 nitrogen and oxygen atoms in total. The number of nitrogens with one attached hydrogen (secondary N) is 1. The number of alkyl halides is 2. The third-order valence-electron chi connectivity index (χ3n) is 8.83. The highest BCUT2D eigenvalue weighted by atomic mass is 32.2. The predicted molar refractivity (Wildman–Crippen MR) is 161 cm³/mol. The summed E-state index contributed by atoms with van der Waals surface area (Å²) < 4.78 is 43.5. The number of aromatic nitrogens is 2. The molecule has 222 valence electrons. The van der Waals surface area contributed by atoms with Crippen LogP contribution >= 0.6 is 11.8 Å². The highest BCUT2D eigenvalue weighted by molar-refractivity contribution is 7.99. The van der Waals surface area contributed by atoms with Crippen LogP contribution in [0.4, 0.5) is 14.6 Å². The van der Waals surface area contributed by atoms with Crippen molar-refractivity contribution in [2.24, 2.45) is 5.92 Å². The molecule has 0 saturated carbocycles. The molecular weight excluding hydrogens is 542 g/mol. The second kappa shape index (κ2) is 12.6. The molecule has 0 spiro atoms. The first-order valence-electron chi connectivity index (χ1n) is 15.3. The average Bonchev–Trinajstić information content (AvgIpc) is 3.31. The molecule has 0 aliphatic carbocycles. The fourth-order valence-electron chi connectivity index (χ4n) is 6.57. The fourth-order valence-corrected chi connectivity index (χ4v) is 7.67. The summed E-state index contributed by atoms with van der Waals surface area (Å²) >= 11 is 2.00. The standard InChI is InChI=1S/C32H42F2N4O2S/c1-21-25-7-5-8-26(17-25)32(33,34)18-23-19-38(20-23)12-3-4-13-39-14-6-9-27-28-30(31(35-21)37-22(2)36-28)40-29(27)24-10-15-41-16-11-24/h5,7-8,17,21,23-24H,3-4,6,9-16,18-20H2,1-2H3,(H,35,36,37). The Kier molecular flexibility index (Phi) is 8.84. The monoisotopic (exact) mass is 584 g/mol. The van der Waals surface area contributed by atoms with E-state index in [4.69, 9.17) is 19.1 Å². The first-order chi connectivity index (χ1) is 19.9. The number of benzene rings is 1. The molecule has 1 aromatic carbocycles. The molecule has 8 bridgehead atoms. The molecule has 9 heteroatoms. The zero-order chi connectivity index (χ0) is 28.4. The molecule has 1 N–H and O–H groups in total. The number of ether oxygens (including phenoxy) is 1. The van der Waals surface area contributed by atoms with Crippen molar-refractivity contribution in [2.75, 3.05) is 49.7 Å². The third kappa shape index (κ3) is 6.57. The second-order valence-corrected chi connectivity index (χ2v) is 13.3. The minimum Gasteiger partial charge on any atom is -0.455 e. The van der Waals surface area contributed by atoms with Crippen molar-refractivity contribution in [2.45, 2.75) is 76.7 Å². The molecule has 41 heavy (non-hydrogen) atoms. The van der Waals surface area contributed by atoms with E-state index in [1.807, 2.05) is 31.7 Å². The normalized spacial score (nSPS) is 26.5. The van der Waals surface area contributed by atoms with Gasteiger partial charge < -0.3 is 19.4 Å². The lowest BCUT2D eigenvalue weighted by Crippen LogP contribution is -2.48. The van der Waals surface area contributed by atoms with Crippen LogP contribution in [0.3, 0.4) is 0 Å². The fraction of sp³-hybridized carbons (Fsp3) is 0.625. The van der Waals surface area contributed by atoms with E-state index in [2.05, 4.69) is 10.2 Å². The maximum Gasteiger partial charge on any atom is 0.273 e. The second-order valence-electron chi connectivity index (χ2n) is 12.1. The Morgan fingerprint density at radius 3 is 2.71 bits per heavy atom. The van der Waals surface area contributed by atoms with Gasteiger partial charge >= 0.3 is 0 Å². The van der Waals surface area contributed by atoms with Gasteiger partial charge in [-0.3, -0.25) is 0 Å². The number of aryl methyl sites for hydroxylation is 2. The Balaban J connectivity index is 1.33. The molecule has 2 saturated heterocycles. The van der Waals surface area contributed by atoms with Crippen LogP contribution in [0.15, 0.2) is 28.7 Å². The van der Waals surface area contributed by atoms with Gasteiger partial charge in [0.1, 0.15) is 17.1 Å². The van der Waals surface area contributed by atoms with Crippen LogP contribution in [-0.4, -0.2) is 59.2 Å². The number of hydrogen-bond donors (Lipinski definition) is 1. The van der Waals surface area contributed by atoms with Gasteiger partial charge in [0.2, 0.25) is 0 Å². The summed E-state index contributed by atoms with van der Waals surface area (Å²) in [5, 5.41) is 3.50. The molecule has 4 aliphatic rings. The molecule has 0 amide bonds. The highest BCUT2D eigenvalue weighted by Gasteiger charge is 2.39. The van der Waals surface area contributed by atoms with Crippen LogP contribution in [-0.2, 0) is 17.1 Å². The molecule has 7 rings (SSSR count). The van der Waals surface area contributed by atoms with Gasteiger partial charge in [-0.05, 0) is 88.0 Å². The van der Waals surface area contributed by atoms with Crippen molar-refractivity contribution in [3.8, 4) is 0 Å². The predicted octanol–water partition coefficient (Wildman–Crippen LogP) is 7.47. The minimum atomic E-state index is -2.86. The Morgan fingerprint density at radius 1 is 1.07 bits per heavy atom. The van der Waals surface area contributed by atoms with E-state index >= 15 is 8.78 Å². The summed E-state index contributed by atoms with van der Waals surface area (Å²) in [6, 6.07) is 6.63. The first-order valence-corrected chi connectivity index (χ1v) is 16.5. The van der Waals surface area contributed by atoms with Crippen molar-refractivity contribution in [3.05, 3.63) is 52.5 Å². The van der Waals surface area contributed by atoms with Gasteiger partial charge in [-0.15, -0.1) is 0 Å². The van der Waals surface area contributed by atoms with E-state index in [1.165, 1.54) is 5.56 Å². The van der Waals surface area contributed by atoms with E-state index in [0.29, 0.717) is 29.8 Å². The van der Waals surface area contributed by atoms with Crippen molar-refractivity contribution in [1.82, 2.24) is 14.9 Å². The average molecular weight is 585 g/mol. The van der Waals surface area contributed by atoms with E-state index in [9.17, 15) is 0 Å². The zero-order valence-electron chi connectivity index (χ0n) is 24.3. The molecule has 4 aliphatic heterocycles. The highest BCUT2D eigenvalue weighted by Crippen LogP contribution is 2.41. The van der Waals surface area contributed by atoms with E-state index in [-0.39, 0.29) is 23.9 Å². The lowest BCUT2D eigenvalue weighted by atomic mass is 9.89. The Bertz CT molecular complexity index is 1340. The number of hydrogen-bond acceptors (Lipinski definition) is 7. The molecular formula is C32H42F2N4O2S. The molecule has 2 aromatic heterocycles. The van der Waals surface area contributed by atoms with Crippen molar-refractivity contribution < 1.29 is 17.9 Å². The van der Waals surface area contributed by atoms with Gasteiger partial charge in [-0.2, -0.15) is 11.8 Å². The van der Waals surface area contributed by atoms with E-state index in [0.717, 1.165) is 93.1 Å². The molecule has 0 radical (unpaired) electrons. The Hall–Kier alpha value is -2.23. The van der Waals surface area contributed by atoms with Gasteiger partial charge in [-0.25, -0.2) is 18.7 Å². The van der Waals surface area contributed by atoms with Gasteiger partial charge in [0.25, 0.3) is 5.92 Å². The summed E-state index contributed by atoms with van der Waals surface area (Å²) in [6.07, 6.45) is 5.87. The molecule has 2 fully saturated rings. The van der Waals surface area contributed by atoms with E-state index in [1.54, 1.807) is 18.2 Å². The maximum atomic E-state index is 15.4. The van der Waals surface area contributed by atoms with Gasteiger partial charge in [0, 0.05) is 49.8 Å². The Labute approximate surface area is 246 Å². The summed E-state index contributed by atoms with van der Waals surface area (Å²) in [6.45, 7) is 7.79. The number of halogens is 2. The van der Waals surface area contributed by atoms with Crippen LogP contribution in [0, 0.1) is 12.8 Å². The van der Waals surface area contributed by atoms with Crippen molar-refractivity contribution in [1.29, 1.82) is 0 Å². The van der Waals surface area contributed by atoms with Gasteiger partial charge in [-0.1, -0.05) is 18.2 Å². The maximum absolute atomic E-state index is 15.4. The minimum absolute atomic E-state index is 0.0284. The third-order valence-corrected chi connectivity index (χ3v) is 9.88. The molecule has 6 heterocycles. The first kappa shape index (κ1) is 28.9. The molecule has 1 atom stereocenters. The molecule has 1 unspecified atom stereocenters. The number of anilines is 1. The molecule has 3 aromatic rings. The quantitative estimate of drug-likeness (QED) is 0.318. The van der Waals surface area contributed by atoms with Gasteiger partial charge in [0.15, 0.2) is 11.4 Å². The number of fused-ring (bicyclic) bond motifs is 9. The van der Waals surface area contributed by atoms with Crippen LogP contribution in [0.25, 0.3) is 11.1 Å². The lowest BCUT2D eigenvalue weighted by Gasteiger charge is -2.41. The lowest BCUT2D eigenvalue weighted by molar-refractivity contribution is -0.0570. The Morgan fingerprint density at radius 2 is 1.88 bits per heavy atom. The summed E-state index contributed by atoms with van der Waals surface area (Å²) in [4.78, 5) is 11.9. The van der Waals surface area contributed by atoms with Crippen LogP contribution in [0.1, 0.15) is 85.7 Å². The number of nitrogens with zero attached hydrogens (tertiary/aromatic N) is 3. The number of thioether (sulfide) groups is 1. The van der Waals surface area contributed by atoms with E-state index < -0.39 is 5.92 Å².